The van der Waals surface area contributed by atoms with Crippen molar-refractivity contribution in [2.45, 2.75) is 39.2 Å². The first kappa shape index (κ1) is 16.5. The van der Waals surface area contributed by atoms with E-state index in [0.29, 0.717) is 6.42 Å². The molecule has 0 saturated heterocycles. The van der Waals surface area contributed by atoms with Gasteiger partial charge in [0.1, 0.15) is 0 Å². The number of carboxylic acids is 1. The Morgan fingerprint density at radius 2 is 1.86 bits per heavy atom. The summed E-state index contributed by atoms with van der Waals surface area (Å²) in [6.45, 7) is 4.91. The van der Waals surface area contributed by atoms with Crippen LogP contribution >= 0.6 is 0 Å². The van der Waals surface area contributed by atoms with Crippen LogP contribution < -0.4 is 40.4 Å². The molecule has 0 aliphatic rings. The molecule has 0 amide bonds. The van der Waals surface area contributed by atoms with Crippen molar-refractivity contribution in [1.29, 1.82) is 0 Å². The quantitative estimate of drug-likeness (QED) is 0.475. The fourth-order valence-electron chi connectivity index (χ4n) is 1.10. The van der Waals surface area contributed by atoms with E-state index in [0.717, 1.165) is 0 Å². The van der Waals surface area contributed by atoms with Crippen LogP contribution in [0.5, 0.6) is 0 Å². The second-order valence-corrected chi connectivity index (χ2v) is 3.90. The number of aliphatic carboxylic acids is 1. The van der Waals surface area contributed by atoms with Gasteiger partial charge in [-0.2, -0.15) is 0 Å². The Labute approximate surface area is 107 Å². The van der Waals surface area contributed by atoms with Gasteiger partial charge in [0, 0.05) is 11.9 Å². The zero-order valence-corrected chi connectivity index (χ0v) is 11.3. The monoisotopic (exact) mass is 209 g/mol. The number of carboxylic acid groups (broad SMARTS) is 1. The summed E-state index contributed by atoms with van der Waals surface area (Å²) in [4.78, 5) is 21.6. The van der Waals surface area contributed by atoms with Crippen LogP contribution in [0.25, 0.3) is 0 Å². The Bertz CT molecular complexity index is 211. The predicted molar refractivity (Wildman–Crippen MR) is 46.7 cm³/mol. The molecular weight excluding hydrogens is 193 g/mol. The maximum Gasteiger partial charge on any atom is 1.00 e. The van der Waals surface area contributed by atoms with Crippen LogP contribution in [-0.4, -0.2) is 17.3 Å². The number of carbonyl (C=O) groups excluding carboxylic acids is 2. The molecule has 0 aromatic carbocycles. The predicted octanol–water partition coefficient (Wildman–Crippen LogP) is -3.54. The summed E-state index contributed by atoms with van der Waals surface area (Å²) in [7, 11) is 0. The summed E-state index contributed by atoms with van der Waals surface area (Å²) >= 11 is 0. The molecule has 1 atom stereocenters. The Morgan fingerprint density at radius 1 is 1.43 bits per heavy atom. The van der Waals surface area contributed by atoms with Gasteiger partial charge in [-0.3, -0.25) is 4.79 Å². The van der Waals surface area contributed by atoms with Crippen LogP contribution in [-0.2, 0) is 9.59 Å². The molecule has 76 valence electrons. The van der Waals surface area contributed by atoms with Gasteiger partial charge in [-0.15, -0.1) is 0 Å². The number of rotatable bonds is 5. The zero-order valence-electron chi connectivity index (χ0n) is 9.29. The first-order valence-corrected chi connectivity index (χ1v) is 4.28. The SMILES string of the molecule is CC(CCC(=O)[O-])C(=O)C(C)(C)N.[Na+]. The molecule has 0 spiro atoms. The summed E-state index contributed by atoms with van der Waals surface area (Å²) in [6.07, 6.45) is 0.199. The van der Waals surface area contributed by atoms with Gasteiger partial charge in [-0.1, -0.05) is 6.92 Å². The average molecular weight is 209 g/mol. The Morgan fingerprint density at radius 3 is 2.14 bits per heavy atom. The van der Waals surface area contributed by atoms with Gasteiger partial charge in [0.15, 0.2) is 5.78 Å². The molecule has 5 heteroatoms. The largest absolute Gasteiger partial charge is 1.00 e. The summed E-state index contributed by atoms with van der Waals surface area (Å²) in [5, 5.41) is 10.1. The number of carbonyl (C=O) groups is 2. The molecule has 0 saturated carbocycles. The number of hydrogen-bond acceptors (Lipinski definition) is 4. The third kappa shape index (κ3) is 6.54. The van der Waals surface area contributed by atoms with Crippen LogP contribution in [0.4, 0.5) is 0 Å². The fraction of sp³-hybridized carbons (Fsp3) is 0.778. The average Bonchev–Trinajstić information content (AvgIpc) is 1.96. The molecule has 14 heavy (non-hydrogen) atoms. The van der Waals surface area contributed by atoms with Gasteiger partial charge >= 0.3 is 29.6 Å². The molecule has 0 aliphatic carbocycles. The Hall–Kier alpha value is 0.1000. The maximum absolute atomic E-state index is 11.4. The maximum atomic E-state index is 11.4. The molecule has 1 unspecified atom stereocenters. The van der Waals surface area contributed by atoms with E-state index in [1.807, 2.05) is 0 Å². The van der Waals surface area contributed by atoms with Crippen LogP contribution in [0, 0.1) is 5.92 Å². The van der Waals surface area contributed by atoms with Crippen molar-refractivity contribution in [2.24, 2.45) is 11.7 Å². The molecule has 0 fully saturated rings. The topological polar surface area (TPSA) is 83.2 Å². The second-order valence-electron chi connectivity index (χ2n) is 3.90. The molecule has 0 radical (unpaired) electrons. The standard InChI is InChI=1S/C9H17NO3.Na/c1-6(4-5-7(11)12)8(13)9(2,3)10;/h6H,4-5,10H2,1-3H3,(H,11,12);/q;+1/p-1. The van der Waals surface area contributed by atoms with Crippen LogP contribution in [0.15, 0.2) is 0 Å². The zero-order chi connectivity index (χ0) is 10.6. The van der Waals surface area contributed by atoms with Crippen molar-refractivity contribution in [3.8, 4) is 0 Å². The van der Waals surface area contributed by atoms with Gasteiger partial charge in [-0.05, 0) is 26.7 Å². The van der Waals surface area contributed by atoms with Gasteiger partial charge in [0.05, 0.1) is 5.54 Å². The van der Waals surface area contributed by atoms with Crippen molar-refractivity contribution in [3.05, 3.63) is 0 Å². The molecule has 0 heterocycles. The molecule has 2 N–H and O–H groups in total. The van der Waals surface area contributed by atoms with Crippen molar-refractivity contribution in [1.82, 2.24) is 0 Å². The van der Waals surface area contributed by atoms with Crippen molar-refractivity contribution in [3.63, 3.8) is 0 Å². The summed E-state index contributed by atoms with van der Waals surface area (Å²) in [6, 6.07) is 0. The third-order valence-electron chi connectivity index (χ3n) is 1.86. The molecule has 0 aromatic rings. The summed E-state index contributed by atoms with van der Waals surface area (Å²) in [5.41, 5.74) is 4.69. The molecular formula is C9H16NNaO3. The van der Waals surface area contributed by atoms with Gasteiger partial charge in [0.25, 0.3) is 0 Å². The smallest absolute Gasteiger partial charge is 0.550 e. The van der Waals surface area contributed by atoms with E-state index in [1.165, 1.54) is 0 Å². The van der Waals surface area contributed by atoms with Crippen LogP contribution in [0.3, 0.4) is 0 Å². The van der Waals surface area contributed by atoms with Crippen molar-refractivity contribution >= 4 is 11.8 Å². The van der Waals surface area contributed by atoms with E-state index in [2.05, 4.69) is 0 Å². The molecule has 4 nitrogen and oxygen atoms in total. The fourth-order valence-corrected chi connectivity index (χ4v) is 1.10. The van der Waals surface area contributed by atoms with E-state index >= 15 is 0 Å². The van der Waals surface area contributed by atoms with E-state index in [4.69, 9.17) is 5.73 Å². The number of Topliss-reactive ketones (excluding diaryl/α,β-unsaturated/α-hetero) is 1. The molecule has 0 aliphatic heterocycles. The first-order valence-electron chi connectivity index (χ1n) is 4.28. The van der Waals surface area contributed by atoms with E-state index < -0.39 is 11.5 Å². The molecule has 0 rings (SSSR count). The number of hydrogen-bond donors (Lipinski definition) is 1. The molecule has 0 bridgehead atoms. The summed E-state index contributed by atoms with van der Waals surface area (Å²) < 4.78 is 0. The normalized spacial score (nSPS) is 12.9. The minimum Gasteiger partial charge on any atom is -0.550 e. The van der Waals surface area contributed by atoms with Gasteiger partial charge in [-0.25, -0.2) is 0 Å². The minimum atomic E-state index is -1.13. The minimum absolute atomic E-state index is 0. The van der Waals surface area contributed by atoms with Gasteiger partial charge < -0.3 is 15.6 Å². The first-order chi connectivity index (χ1) is 5.75. The van der Waals surface area contributed by atoms with Gasteiger partial charge in [0.2, 0.25) is 0 Å². The van der Waals surface area contributed by atoms with E-state index in [1.54, 1.807) is 20.8 Å². The Balaban J connectivity index is 0. The Kier molecular flexibility index (Phi) is 7.74. The van der Waals surface area contributed by atoms with Crippen LogP contribution in [0.2, 0.25) is 0 Å². The van der Waals surface area contributed by atoms with E-state index in [-0.39, 0.29) is 47.7 Å². The number of ketones is 1. The molecule has 0 aromatic heterocycles. The van der Waals surface area contributed by atoms with Crippen LogP contribution in [0.1, 0.15) is 33.6 Å². The third-order valence-corrected chi connectivity index (χ3v) is 1.86. The summed E-state index contributed by atoms with van der Waals surface area (Å²) in [5.74, 6) is -1.57. The van der Waals surface area contributed by atoms with E-state index in [9.17, 15) is 14.7 Å². The van der Waals surface area contributed by atoms with Crippen molar-refractivity contribution < 1.29 is 44.3 Å². The van der Waals surface area contributed by atoms with Crippen molar-refractivity contribution in [2.75, 3.05) is 0 Å². The second kappa shape index (κ2) is 6.56. The number of nitrogens with two attached hydrogens (primary N) is 1.